The van der Waals surface area contributed by atoms with Gasteiger partial charge in [-0.05, 0) is 37.0 Å². The number of aliphatic hydroxyl groups is 1. The Hall–Kier alpha value is -2.43. The van der Waals surface area contributed by atoms with E-state index in [0.29, 0.717) is 36.2 Å². The van der Waals surface area contributed by atoms with Crippen LogP contribution in [0.4, 0.5) is 18.9 Å². The average molecular weight is 477 g/mol. The predicted octanol–water partition coefficient (Wildman–Crippen LogP) is 4.04. The van der Waals surface area contributed by atoms with Crippen LogP contribution in [0.2, 0.25) is 10.3 Å². The molecule has 0 fully saturated rings. The maximum Gasteiger partial charge on any atom is 0.425 e. The number of hydrogen-bond acceptors (Lipinski definition) is 6. The Balaban J connectivity index is 1.91. The Labute approximate surface area is 185 Å². The van der Waals surface area contributed by atoms with Crippen molar-refractivity contribution in [1.29, 1.82) is 0 Å². The first-order chi connectivity index (χ1) is 14.7. The van der Waals surface area contributed by atoms with Gasteiger partial charge in [-0.2, -0.15) is 13.2 Å². The van der Waals surface area contributed by atoms with Crippen molar-refractivity contribution in [3.63, 3.8) is 0 Å². The van der Waals surface area contributed by atoms with Crippen LogP contribution in [-0.2, 0) is 11.3 Å². The standard InChI is InChI=1S/C19H17Cl2F3N4O3/c20-16-15(17(21)26-10-25-16)18(30)28(6-7-29)12-4-5-13-11(8-12)2-1-3-14(13)27-31-9-19(22,23)24/h4-5,8,10,29H,1-3,6-7,9H2. The molecule has 166 valence electrons. The molecule has 0 radical (unpaired) electrons. The zero-order valence-electron chi connectivity index (χ0n) is 16.0. The lowest BCUT2D eigenvalue weighted by Crippen LogP contribution is -2.34. The molecule has 1 aliphatic carbocycles. The van der Waals surface area contributed by atoms with Crippen molar-refractivity contribution in [3.05, 3.63) is 51.5 Å². The van der Waals surface area contributed by atoms with Crippen molar-refractivity contribution < 1.29 is 27.9 Å². The first-order valence-electron chi connectivity index (χ1n) is 9.19. The van der Waals surface area contributed by atoms with Crippen molar-refractivity contribution in [1.82, 2.24) is 9.97 Å². The van der Waals surface area contributed by atoms with Crippen LogP contribution >= 0.6 is 23.2 Å². The molecule has 0 spiro atoms. The Bertz CT molecular complexity index is 982. The highest BCUT2D eigenvalue weighted by molar-refractivity contribution is 6.39. The normalized spacial score (nSPS) is 15.0. The van der Waals surface area contributed by atoms with E-state index in [0.717, 1.165) is 11.9 Å². The quantitative estimate of drug-likeness (QED) is 0.501. The molecule has 1 heterocycles. The Morgan fingerprint density at radius 3 is 2.58 bits per heavy atom. The number of aliphatic hydroxyl groups excluding tert-OH is 1. The molecule has 0 aliphatic heterocycles. The highest BCUT2D eigenvalue weighted by Crippen LogP contribution is 2.30. The Kier molecular flexibility index (Phi) is 7.34. The van der Waals surface area contributed by atoms with Gasteiger partial charge in [-0.25, -0.2) is 9.97 Å². The largest absolute Gasteiger partial charge is 0.425 e. The number of carbonyl (C=O) groups is 1. The van der Waals surface area contributed by atoms with Gasteiger partial charge in [0.05, 0.1) is 12.3 Å². The molecule has 0 saturated heterocycles. The summed E-state index contributed by atoms with van der Waals surface area (Å²) in [5.74, 6) is -0.595. The van der Waals surface area contributed by atoms with Gasteiger partial charge in [-0.15, -0.1) is 0 Å². The average Bonchev–Trinajstić information content (AvgIpc) is 2.70. The van der Waals surface area contributed by atoms with E-state index in [2.05, 4.69) is 20.0 Å². The van der Waals surface area contributed by atoms with Crippen LogP contribution in [0.5, 0.6) is 0 Å². The van der Waals surface area contributed by atoms with Crippen molar-refractivity contribution in [2.45, 2.75) is 25.4 Å². The number of fused-ring (bicyclic) bond motifs is 1. The van der Waals surface area contributed by atoms with Gasteiger partial charge in [0.2, 0.25) is 6.61 Å². The van der Waals surface area contributed by atoms with Crippen LogP contribution in [0.1, 0.15) is 34.3 Å². The van der Waals surface area contributed by atoms with Gasteiger partial charge in [-0.3, -0.25) is 4.79 Å². The molecule has 1 aromatic heterocycles. The van der Waals surface area contributed by atoms with Crippen molar-refractivity contribution in [3.8, 4) is 0 Å². The van der Waals surface area contributed by atoms with Crippen LogP contribution in [0.3, 0.4) is 0 Å². The van der Waals surface area contributed by atoms with Gasteiger partial charge >= 0.3 is 6.18 Å². The molecule has 31 heavy (non-hydrogen) atoms. The first-order valence-corrected chi connectivity index (χ1v) is 9.94. The van der Waals surface area contributed by atoms with Crippen LogP contribution in [0.15, 0.2) is 29.7 Å². The Morgan fingerprint density at radius 2 is 1.94 bits per heavy atom. The molecule has 1 N–H and O–H groups in total. The summed E-state index contributed by atoms with van der Waals surface area (Å²) < 4.78 is 36.9. The SMILES string of the molecule is O=C(c1c(Cl)ncnc1Cl)N(CCO)c1ccc2c(c1)CCCC2=NOCC(F)(F)F. The smallest absolute Gasteiger partial charge is 0.395 e. The molecule has 2 aromatic rings. The maximum atomic E-state index is 13.1. The van der Waals surface area contributed by atoms with Crippen molar-refractivity contribution in [2.75, 3.05) is 24.7 Å². The van der Waals surface area contributed by atoms with E-state index in [4.69, 9.17) is 23.2 Å². The fourth-order valence-corrected chi connectivity index (χ4v) is 3.68. The van der Waals surface area contributed by atoms with E-state index in [-0.39, 0.29) is 29.0 Å². The number of carbonyl (C=O) groups excluding carboxylic acids is 1. The zero-order valence-corrected chi connectivity index (χ0v) is 17.5. The summed E-state index contributed by atoms with van der Waals surface area (Å²) in [6.07, 6.45) is -1.59. The maximum absolute atomic E-state index is 13.1. The molecule has 1 aliphatic rings. The third-order valence-electron chi connectivity index (χ3n) is 4.51. The Morgan fingerprint density at radius 1 is 1.23 bits per heavy atom. The summed E-state index contributed by atoms with van der Waals surface area (Å²) in [5, 5.41) is 12.9. The topological polar surface area (TPSA) is 87.9 Å². The molecule has 1 amide bonds. The highest BCUT2D eigenvalue weighted by atomic mass is 35.5. The summed E-state index contributed by atoms with van der Waals surface area (Å²) in [5.41, 5.74) is 2.19. The van der Waals surface area contributed by atoms with E-state index in [1.165, 1.54) is 4.90 Å². The lowest BCUT2D eigenvalue weighted by Gasteiger charge is -2.25. The van der Waals surface area contributed by atoms with Gasteiger partial charge in [0, 0.05) is 17.8 Å². The summed E-state index contributed by atoms with van der Waals surface area (Å²) in [4.78, 5) is 26.3. The minimum absolute atomic E-state index is 0.0468. The monoisotopic (exact) mass is 476 g/mol. The summed E-state index contributed by atoms with van der Waals surface area (Å²) in [7, 11) is 0. The van der Waals surface area contributed by atoms with E-state index in [9.17, 15) is 23.1 Å². The number of nitrogens with zero attached hydrogens (tertiary/aromatic N) is 4. The van der Waals surface area contributed by atoms with Crippen LogP contribution in [0, 0.1) is 0 Å². The third-order valence-corrected chi connectivity index (χ3v) is 5.08. The molecular weight excluding hydrogens is 460 g/mol. The van der Waals surface area contributed by atoms with Gasteiger partial charge in [0.15, 0.2) is 0 Å². The molecule has 0 atom stereocenters. The molecule has 0 saturated carbocycles. The molecule has 0 bridgehead atoms. The van der Waals surface area contributed by atoms with Gasteiger partial charge < -0.3 is 14.8 Å². The molecular formula is C19H17Cl2F3N4O3. The fraction of sp³-hybridized carbons (Fsp3) is 0.368. The number of aromatic nitrogens is 2. The molecule has 0 unspecified atom stereocenters. The number of amides is 1. The van der Waals surface area contributed by atoms with Crippen LogP contribution < -0.4 is 4.90 Å². The number of rotatable bonds is 6. The molecule has 1 aromatic carbocycles. The van der Waals surface area contributed by atoms with E-state index in [1.54, 1.807) is 18.2 Å². The highest BCUT2D eigenvalue weighted by Gasteiger charge is 2.29. The number of aryl methyl sites for hydroxylation is 1. The number of alkyl halides is 3. The van der Waals surface area contributed by atoms with Crippen LogP contribution in [-0.4, -0.2) is 52.6 Å². The van der Waals surface area contributed by atoms with E-state index < -0.39 is 18.7 Å². The fourth-order valence-electron chi connectivity index (χ4n) is 3.20. The molecule has 3 rings (SSSR count). The number of oxime groups is 1. The minimum Gasteiger partial charge on any atom is -0.395 e. The van der Waals surface area contributed by atoms with E-state index in [1.807, 2.05) is 0 Å². The zero-order chi connectivity index (χ0) is 22.6. The lowest BCUT2D eigenvalue weighted by atomic mass is 9.89. The second-order valence-corrected chi connectivity index (χ2v) is 7.35. The second kappa shape index (κ2) is 9.80. The summed E-state index contributed by atoms with van der Waals surface area (Å²) >= 11 is 12.0. The van der Waals surface area contributed by atoms with E-state index >= 15 is 0 Å². The molecule has 7 nitrogen and oxygen atoms in total. The van der Waals surface area contributed by atoms with Crippen LogP contribution in [0.25, 0.3) is 0 Å². The second-order valence-electron chi connectivity index (χ2n) is 6.63. The van der Waals surface area contributed by atoms with Gasteiger partial charge in [0.1, 0.15) is 22.2 Å². The summed E-state index contributed by atoms with van der Waals surface area (Å²) in [6, 6.07) is 4.97. The predicted molar refractivity (Wildman–Crippen MR) is 109 cm³/mol. The minimum atomic E-state index is -4.47. The van der Waals surface area contributed by atoms with Crippen molar-refractivity contribution >= 4 is 40.5 Å². The van der Waals surface area contributed by atoms with Gasteiger partial charge in [-0.1, -0.05) is 34.4 Å². The first kappa shape index (κ1) is 23.2. The lowest BCUT2D eigenvalue weighted by molar-refractivity contribution is -0.173. The number of anilines is 1. The number of benzene rings is 1. The third kappa shape index (κ3) is 5.63. The summed E-state index contributed by atoms with van der Waals surface area (Å²) in [6.45, 7) is -1.85. The van der Waals surface area contributed by atoms with Gasteiger partial charge in [0.25, 0.3) is 5.91 Å². The number of halogens is 5. The number of hydrogen-bond donors (Lipinski definition) is 1. The molecule has 12 heteroatoms. The van der Waals surface area contributed by atoms with Crippen molar-refractivity contribution in [2.24, 2.45) is 5.16 Å².